The number of carbonyl (C=O) groups excluding carboxylic acids is 1. The molecule has 3 rings (SSSR count). The van der Waals surface area contributed by atoms with E-state index in [-0.39, 0.29) is 0 Å². The summed E-state index contributed by atoms with van der Waals surface area (Å²) in [7, 11) is 0. The van der Waals surface area contributed by atoms with Crippen LogP contribution < -0.4 is 4.90 Å². The fourth-order valence-electron chi connectivity index (χ4n) is 4.79. The number of benzene rings is 1. The zero-order chi connectivity index (χ0) is 18.4. The molecule has 1 aliphatic heterocycles. The minimum absolute atomic E-state index is 0.330. The Hall–Kier alpha value is -0.830. The van der Waals surface area contributed by atoms with Crippen LogP contribution >= 0.6 is 15.9 Å². The first-order valence-corrected chi connectivity index (χ1v) is 11.6. The minimum atomic E-state index is 0.330. The van der Waals surface area contributed by atoms with E-state index in [4.69, 9.17) is 0 Å². The Kier molecular flexibility index (Phi) is 7.60. The number of hydrogen-bond donors (Lipinski definition) is 0. The van der Waals surface area contributed by atoms with E-state index in [1.165, 1.54) is 75.5 Å². The highest BCUT2D eigenvalue weighted by Gasteiger charge is 2.33. The van der Waals surface area contributed by atoms with Crippen molar-refractivity contribution < 1.29 is 4.79 Å². The Morgan fingerprint density at radius 1 is 1.12 bits per heavy atom. The lowest BCUT2D eigenvalue weighted by atomic mass is 9.81. The van der Waals surface area contributed by atoms with E-state index in [0.29, 0.717) is 18.2 Å². The van der Waals surface area contributed by atoms with Crippen molar-refractivity contribution in [3.05, 3.63) is 28.2 Å². The largest absolute Gasteiger partial charge is 0.312 e. The highest BCUT2D eigenvalue weighted by Crippen LogP contribution is 2.43. The van der Waals surface area contributed by atoms with Crippen molar-refractivity contribution in [1.29, 1.82) is 0 Å². The Bertz CT molecular complexity index is 594. The second-order valence-electron chi connectivity index (χ2n) is 8.31. The van der Waals surface area contributed by atoms with Gasteiger partial charge in [0.25, 0.3) is 0 Å². The van der Waals surface area contributed by atoms with Crippen molar-refractivity contribution in [1.82, 2.24) is 0 Å². The van der Waals surface area contributed by atoms with E-state index in [1.54, 1.807) is 0 Å². The van der Waals surface area contributed by atoms with Crippen LogP contribution in [-0.4, -0.2) is 12.5 Å². The van der Waals surface area contributed by atoms with E-state index < -0.39 is 0 Å². The van der Waals surface area contributed by atoms with Crippen LogP contribution in [0.1, 0.15) is 95.5 Å². The average Bonchev–Trinajstić information content (AvgIpc) is 3.00. The fraction of sp³-hybridized carbons (Fsp3) is 0.696. The predicted octanol–water partition coefficient (Wildman–Crippen LogP) is 7.21. The first-order chi connectivity index (χ1) is 12.7. The van der Waals surface area contributed by atoms with Gasteiger partial charge in [-0.25, -0.2) is 0 Å². The van der Waals surface area contributed by atoms with Gasteiger partial charge in [0.1, 0.15) is 0 Å². The van der Waals surface area contributed by atoms with E-state index >= 15 is 0 Å². The normalized spacial score (nSPS) is 20.4. The number of fused-ring (bicyclic) bond motifs is 1. The van der Waals surface area contributed by atoms with Crippen LogP contribution in [0.3, 0.4) is 0 Å². The highest BCUT2D eigenvalue weighted by molar-refractivity contribution is 9.10. The predicted molar refractivity (Wildman–Crippen MR) is 114 cm³/mol. The molecular weight excluding hydrogens is 386 g/mol. The molecular formula is C23H34BrNO. The number of nitrogens with zero attached hydrogens (tertiary/aromatic N) is 1. The van der Waals surface area contributed by atoms with Crippen LogP contribution in [0.5, 0.6) is 0 Å². The Balaban J connectivity index is 1.63. The molecule has 0 radical (unpaired) electrons. The van der Waals surface area contributed by atoms with Crippen molar-refractivity contribution >= 4 is 27.5 Å². The van der Waals surface area contributed by atoms with Crippen molar-refractivity contribution in [2.75, 3.05) is 11.4 Å². The lowest BCUT2D eigenvalue weighted by molar-refractivity contribution is -0.118. The minimum Gasteiger partial charge on any atom is -0.312 e. The van der Waals surface area contributed by atoms with Gasteiger partial charge in [-0.05, 0) is 42.5 Å². The molecule has 1 unspecified atom stereocenters. The highest BCUT2D eigenvalue weighted by atomic mass is 79.9. The molecule has 26 heavy (non-hydrogen) atoms. The van der Waals surface area contributed by atoms with Crippen LogP contribution in [0.15, 0.2) is 22.7 Å². The van der Waals surface area contributed by atoms with Gasteiger partial charge in [-0.1, -0.05) is 80.6 Å². The van der Waals surface area contributed by atoms with E-state index in [0.717, 1.165) is 23.4 Å². The molecule has 1 aromatic carbocycles. The van der Waals surface area contributed by atoms with Crippen LogP contribution in [-0.2, 0) is 4.79 Å². The van der Waals surface area contributed by atoms with Crippen molar-refractivity contribution in [3.8, 4) is 0 Å². The second kappa shape index (κ2) is 9.92. The standard InChI is InChI=1S/C23H34BrNO/c1-2-3-4-5-9-12-23(26)25-17-19(15-18-10-7-6-8-11-18)21-16-20(24)13-14-22(21)25/h13-14,16,18-19H,2-12,15,17H2,1H3. The third-order valence-electron chi connectivity index (χ3n) is 6.26. The molecule has 1 aliphatic carbocycles. The van der Waals surface area contributed by atoms with Gasteiger partial charge in [0.2, 0.25) is 5.91 Å². The Morgan fingerprint density at radius 2 is 1.88 bits per heavy atom. The van der Waals surface area contributed by atoms with Gasteiger partial charge in [0.05, 0.1) is 0 Å². The fourth-order valence-corrected chi connectivity index (χ4v) is 5.17. The lowest BCUT2D eigenvalue weighted by Crippen LogP contribution is -2.30. The monoisotopic (exact) mass is 419 g/mol. The molecule has 1 atom stereocenters. The summed E-state index contributed by atoms with van der Waals surface area (Å²) in [5.74, 6) is 1.70. The maximum absolute atomic E-state index is 12.9. The van der Waals surface area contributed by atoms with E-state index in [2.05, 4.69) is 46.0 Å². The van der Waals surface area contributed by atoms with Gasteiger partial charge in [-0.2, -0.15) is 0 Å². The van der Waals surface area contributed by atoms with Crippen LogP contribution in [0, 0.1) is 5.92 Å². The number of rotatable bonds is 8. The van der Waals surface area contributed by atoms with Crippen molar-refractivity contribution in [2.24, 2.45) is 5.92 Å². The first-order valence-electron chi connectivity index (χ1n) is 10.8. The molecule has 2 nitrogen and oxygen atoms in total. The molecule has 0 N–H and O–H groups in total. The van der Waals surface area contributed by atoms with Gasteiger partial charge >= 0.3 is 0 Å². The summed E-state index contributed by atoms with van der Waals surface area (Å²) in [6.07, 6.45) is 14.9. The molecule has 0 spiro atoms. The molecule has 144 valence electrons. The summed E-state index contributed by atoms with van der Waals surface area (Å²) in [5, 5.41) is 0. The van der Waals surface area contributed by atoms with Gasteiger partial charge in [-0.15, -0.1) is 0 Å². The second-order valence-corrected chi connectivity index (χ2v) is 9.22. The van der Waals surface area contributed by atoms with Gasteiger partial charge < -0.3 is 4.90 Å². The molecule has 0 saturated heterocycles. The molecule has 1 heterocycles. The van der Waals surface area contributed by atoms with Gasteiger partial charge in [0.15, 0.2) is 0 Å². The summed E-state index contributed by atoms with van der Waals surface area (Å²) < 4.78 is 1.14. The molecule has 1 saturated carbocycles. The molecule has 0 aromatic heterocycles. The van der Waals surface area contributed by atoms with E-state index in [1.807, 2.05) is 0 Å². The maximum Gasteiger partial charge on any atom is 0.227 e. The van der Waals surface area contributed by atoms with Gasteiger partial charge in [0, 0.05) is 29.0 Å². The summed E-state index contributed by atoms with van der Waals surface area (Å²) in [4.78, 5) is 15.0. The lowest BCUT2D eigenvalue weighted by Gasteiger charge is -2.25. The third-order valence-corrected chi connectivity index (χ3v) is 6.75. The summed E-state index contributed by atoms with van der Waals surface area (Å²) in [6, 6.07) is 6.50. The zero-order valence-corrected chi connectivity index (χ0v) is 17.9. The number of anilines is 1. The zero-order valence-electron chi connectivity index (χ0n) is 16.3. The topological polar surface area (TPSA) is 20.3 Å². The number of hydrogen-bond acceptors (Lipinski definition) is 1. The maximum atomic E-state index is 12.9. The van der Waals surface area contributed by atoms with E-state index in [9.17, 15) is 4.79 Å². The molecule has 0 bridgehead atoms. The molecule has 1 amide bonds. The number of carbonyl (C=O) groups is 1. The SMILES string of the molecule is CCCCCCCC(=O)N1CC(CC2CCCCC2)c2cc(Br)ccc21. The number of amides is 1. The van der Waals surface area contributed by atoms with Gasteiger partial charge in [-0.3, -0.25) is 4.79 Å². The molecule has 1 fully saturated rings. The quantitative estimate of drug-likeness (QED) is 0.407. The summed E-state index contributed by atoms with van der Waals surface area (Å²) in [6.45, 7) is 3.13. The number of halogens is 1. The van der Waals surface area contributed by atoms with Crippen LogP contribution in [0.25, 0.3) is 0 Å². The third kappa shape index (κ3) is 5.12. The van der Waals surface area contributed by atoms with Crippen molar-refractivity contribution in [2.45, 2.75) is 89.9 Å². The first kappa shape index (κ1) is 19.9. The number of unbranched alkanes of at least 4 members (excludes halogenated alkanes) is 4. The average molecular weight is 420 g/mol. The molecule has 3 heteroatoms. The summed E-state index contributed by atoms with van der Waals surface area (Å²) in [5.41, 5.74) is 2.57. The molecule has 2 aliphatic rings. The molecule has 1 aromatic rings. The summed E-state index contributed by atoms with van der Waals surface area (Å²) >= 11 is 3.64. The smallest absolute Gasteiger partial charge is 0.227 e. The van der Waals surface area contributed by atoms with Crippen LogP contribution in [0.2, 0.25) is 0 Å². The van der Waals surface area contributed by atoms with Crippen molar-refractivity contribution in [3.63, 3.8) is 0 Å². The Morgan fingerprint density at radius 3 is 2.65 bits per heavy atom. The van der Waals surface area contributed by atoms with Crippen LogP contribution in [0.4, 0.5) is 5.69 Å². The Labute approximate surface area is 167 Å².